The molecule has 0 spiro atoms. The molecule has 0 unspecified atom stereocenters. The second-order valence-electron chi connectivity index (χ2n) is 5.09. The minimum absolute atomic E-state index is 0.389. The third-order valence-corrected chi connectivity index (χ3v) is 3.93. The topological polar surface area (TPSA) is 86.9 Å². The molecule has 1 N–H and O–H groups in total. The summed E-state index contributed by atoms with van der Waals surface area (Å²) < 4.78 is 8.52. The molecule has 3 rings (SSSR count). The van der Waals surface area contributed by atoms with E-state index in [4.69, 9.17) is 4.74 Å². The van der Waals surface area contributed by atoms with Crippen LogP contribution >= 0.6 is 0 Å². The number of hydrogen-bond acceptors (Lipinski definition) is 6. The van der Waals surface area contributed by atoms with Gasteiger partial charge >= 0.3 is 5.97 Å². The minimum atomic E-state index is -0.397. The first kappa shape index (κ1) is 14.3. The Bertz CT molecular complexity index is 757. The molecule has 0 radical (unpaired) electrons. The fourth-order valence-electron chi connectivity index (χ4n) is 2.80. The number of ether oxygens (including phenoxy) is 1. The first-order chi connectivity index (χ1) is 10.6. The summed E-state index contributed by atoms with van der Waals surface area (Å²) in [5, 5.41) is 11.7. The van der Waals surface area contributed by atoms with Gasteiger partial charge in [0.15, 0.2) is 0 Å². The minimum Gasteiger partial charge on any atom is -0.466 e. The molecule has 0 saturated heterocycles. The van der Waals surface area contributed by atoms with Crippen LogP contribution in [0.1, 0.15) is 31.1 Å². The number of carbonyl (C=O) groups is 1. The quantitative estimate of drug-likeness (QED) is 0.859. The van der Waals surface area contributed by atoms with Gasteiger partial charge in [-0.15, -0.1) is 0 Å². The van der Waals surface area contributed by atoms with Crippen molar-refractivity contribution in [1.29, 1.82) is 0 Å². The van der Waals surface area contributed by atoms with Gasteiger partial charge in [-0.25, -0.2) is 9.48 Å². The summed E-state index contributed by atoms with van der Waals surface area (Å²) in [6, 6.07) is -0.397. The van der Waals surface area contributed by atoms with E-state index in [0.29, 0.717) is 17.2 Å². The number of anilines is 1. The Hall–Kier alpha value is -2.64. The van der Waals surface area contributed by atoms with E-state index in [-0.39, 0.29) is 5.97 Å². The fourth-order valence-corrected chi connectivity index (χ4v) is 2.80. The first-order valence-corrected chi connectivity index (χ1v) is 7.06. The van der Waals surface area contributed by atoms with Gasteiger partial charge in [0.2, 0.25) is 5.95 Å². The van der Waals surface area contributed by atoms with Crippen LogP contribution in [0.15, 0.2) is 23.8 Å². The number of esters is 1. The number of methoxy groups -OCH3 is 1. The number of allylic oxidation sites excluding steroid dienone is 1. The van der Waals surface area contributed by atoms with Crippen LogP contribution in [0, 0.1) is 6.92 Å². The van der Waals surface area contributed by atoms with E-state index in [2.05, 4.69) is 20.5 Å². The third kappa shape index (κ3) is 1.99. The average Bonchev–Trinajstić information content (AvgIpc) is 3.11. The maximum Gasteiger partial charge on any atom is 0.338 e. The Morgan fingerprint density at radius 2 is 2.18 bits per heavy atom. The van der Waals surface area contributed by atoms with Gasteiger partial charge in [0.25, 0.3) is 0 Å². The van der Waals surface area contributed by atoms with Crippen molar-refractivity contribution in [1.82, 2.24) is 24.5 Å². The SMILES string of the molecule is CCn1ncc([C@H]2C(C(=O)OC)=C(C)Nc3ncnn32)c1C. The van der Waals surface area contributed by atoms with Gasteiger partial charge in [-0.05, 0) is 20.8 Å². The van der Waals surface area contributed by atoms with Crippen molar-refractivity contribution in [3.8, 4) is 0 Å². The van der Waals surface area contributed by atoms with Crippen molar-refractivity contribution in [2.24, 2.45) is 0 Å². The Morgan fingerprint density at radius 3 is 2.82 bits per heavy atom. The normalized spacial score (nSPS) is 17.2. The van der Waals surface area contributed by atoms with Crippen molar-refractivity contribution in [2.75, 3.05) is 12.4 Å². The monoisotopic (exact) mass is 302 g/mol. The predicted octanol–water partition coefficient (Wildman–Crippen LogP) is 1.26. The third-order valence-electron chi connectivity index (χ3n) is 3.93. The van der Waals surface area contributed by atoms with E-state index >= 15 is 0 Å². The van der Waals surface area contributed by atoms with Crippen LogP contribution in [0.5, 0.6) is 0 Å². The molecule has 8 heteroatoms. The van der Waals surface area contributed by atoms with Gasteiger partial charge in [0, 0.05) is 23.5 Å². The van der Waals surface area contributed by atoms with E-state index in [1.54, 1.807) is 10.9 Å². The lowest BCUT2D eigenvalue weighted by Gasteiger charge is -2.27. The highest BCUT2D eigenvalue weighted by Crippen LogP contribution is 2.36. The molecule has 8 nitrogen and oxygen atoms in total. The summed E-state index contributed by atoms with van der Waals surface area (Å²) in [6.45, 7) is 6.60. The van der Waals surface area contributed by atoms with Crippen molar-refractivity contribution in [3.05, 3.63) is 35.1 Å². The lowest BCUT2D eigenvalue weighted by molar-refractivity contribution is -0.136. The van der Waals surface area contributed by atoms with Gasteiger partial charge in [0.1, 0.15) is 12.4 Å². The molecule has 0 aromatic carbocycles. The standard InChI is InChI=1S/C14H18N6O2/c1-5-19-9(3)10(6-16-19)12-11(13(21)22-4)8(2)18-14-15-7-17-20(12)14/h6-7,12H,5H2,1-4H3,(H,15,17,18)/t12-/m0/s1. The summed E-state index contributed by atoms with van der Waals surface area (Å²) >= 11 is 0. The van der Waals surface area contributed by atoms with E-state index in [1.807, 2.05) is 25.5 Å². The molecule has 0 amide bonds. The maximum absolute atomic E-state index is 12.3. The van der Waals surface area contributed by atoms with Crippen LogP contribution in [0.3, 0.4) is 0 Å². The number of aromatic nitrogens is 5. The molecular weight excluding hydrogens is 284 g/mol. The summed E-state index contributed by atoms with van der Waals surface area (Å²) in [5.41, 5.74) is 3.13. The fraction of sp³-hybridized carbons (Fsp3) is 0.429. The van der Waals surface area contributed by atoms with Crippen LogP contribution in [0.4, 0.5) is 5.95 Å². The maximum atomic E-state index is 12.3. The van der Waals surface area contributed by atoms with E-state index < -0.39 is 6.04 Å². The van der Waals surface area contributed by atoms with Crippen LogP contribution in [-0.2, 0) is 16.1 Å². The van der Waals surface area contributed by atoms with Gasteiger partial charge in [0.05, 0.1) is 18.9 Å². The Morgan fingerprint density at radius 1 is 1.41 bits per heavy atom. The molecule has 0 bridgehead atoms. The number of rotatable bonds is 3. The van der Waals surface area contributed by atoms with Crippen molar-refractivity contribution in [3.63, 3.8) is 0 Å². The van der Waals surface area contributed by atoms with Gasteiger partial charge in [-0.2, -0.15) is 15.2 Å². The Labute approximate surface area is 127 Å². The molecular formula is C14H18N6O2. The first-order valence-electron chi connectivity index (χ1n) is 7.06. The summed E-state index contributed by atoms with van der Waals surface area (Å²) in [6.07, 6.45) is 3.24. The summed E-state index contributed by atoms with van der Waals surface area (Å²) in [5.74, 6) is 0.207. The molecule has 2 aromatic heterocycles. The number of hydrogen-bond donors (Lipinski definition) is 1. The van der Waals surface area contributed by atoms with Gasteiger partial charge < -0.3 is 10.1 Å². The van der Waals surface area contributed by atoms with Gasteiger partial charge in [-0.1, -0.05) is 0 Å². The zero-order valence-electron chi connectivity index (χ0n) is 13.0. The molecule has 2 aromatic rings. The smallest absolute Gasteiger partial charge is 0.338 e. The van der Waals surface area contributed by atoms with Crippen LogP contribution in [-0.4, -0.2) is 37.6 Å². The number of nitrogens with one attached hydrogen (secondary N) is 1. The molecule has 1 atom stereocenters. The molecule has 0 aliphatic carbocycles. The number of aryl methyl sites for hydroxylation is 1. The highest BCUT2D eigenvalue weighted by atomic mass is 16.5. The molecule has 1 aliphatic heterocycles. The lowest BCUT2D eigenvalue weighted by atomic mass is 9.96. The van der Waals surface area contributed by atoms with Crippen molar-refractivity contribution < 1.29 is 9.53 Å². The van der Waals surface area contributed by atoms with E-state index in [9.17, 15) is 4.79 Å². The molecule has 0 fully saturated rings. The lowest BCUT2D eigenvalue weighted by Crippen LogP contribution is -2.29. The number of fused-ring (bicyclic) bond motifs is 1. The summed E-state index contributed by atoms with van der Waals surface area (Å²) in [7, 11) is 1.37. The highest BCUT2D eigenvalue weighted by Gasteiger charge is 2.35. The van der Waals surface area contributed by atoms with Crippen LogP contribution < -0.4 is 5.32 Å². The second kappa shape index (κ2) is 5.28. The van der Waals surface area contributed by atoms with E-state index in [0.717, 1.165) is 17.8 Å². The highest BCUT2D eigenvalue weighted by molar-refractivity contribution is 5.92. The Kier molecular flexibility index (Phi) is 3.44. The van der Waals surface area contributed by atoms with E-state index in [1.165, 1.54) is 13.4 Å². The molecule has 1 aliphatic rings. The molecule has 22 heavy (non-hydrogen) atoms. The molecule has 116 valence electrons. The van der Waals surface area contributed by atoms with Gasteiger partial charge in [-0.3, -0.25) is 4.68 Å². The predicted molar refractivity (Wildman–Crippen MR) is 79.1 cm³/mol. The number of carbonyl (C=O) groups excluding carboxylic acids is 1. The Balaban J connectivity index is 2.20. The zero-order chi connectivity index (χ0) is 15.9. The van der Waals surface area contributed by atoms with Crippen LogP contribution in [0.2, 0.25) is 0 Å². The average molecular weight is 302 g/mol. The van der Waals surface area contributed by atoms with Crippen molar-refractivity contribution in [2.45, 2.75) is 33.4 Å². The van der Waals surface area contributed by atoms with Crippen molar-refractivity contribution >= 4 is 11.9 Å². The van der Waals surface area contributed by atoms with Crippen LogP contribution in [0.25, 0.3) is 0 Å². The molecule has 3 heterocycles. The second-order valence-corrected chi connectivity index (χ2v) is 5.09. The number of nitrogens with zero attached hydrogens (tertiary/aromatic N) is 5. The largest absolute Gasteiger partial charge is 0.466 e. The zero-order valence-corrected chi connectivity index (χ0v) is 13.0. The molecule has 0 saturated carbocycles. The summed E-state index contributed by atoms with van der Waals surface area (Å²) in [4.78, 5) is 16.5.